The Hall–Kier alpha value is -4.62. The normalized spacial score (nSPS) is 16.3. The van der Waals surface area contributed by atoms with Gasteiger partial charge < -0.3 is 29.2 Å². The first-order valence-electron chi connectivity index (χ1n) is 14.3. The number of fused-ring (bicyclic) bond motifs is 1. The molecule has 0 unspecified atom stereocenters. The summed E-state index contributed by atoms with van der Waals surface area (Å²) in [4.78, 5) is 29.5. The van der Waals surface area contributed by atoms with Gasteiger partial charge in [0.05, 0.1) is 51.7 Å². The second kappa shape index (κ2) is 12.9. The summed E-state index contributed by atoms with van der Waals surface area (Å²) in [5.41, 5.74) is 0.775. The van der Waals surface area contributed by atoms with E-state index in [9.17, 15) is 13.6 Å². The van der Waals surface area contributed by atoms with Gasteiger partial charge in [0, 0.05) is 37.3 Å². The Balaban J connectivity index is 1.08. The number of methoxy groups -OCH3 is 1. The fourth-order valence-electron chi connectivity index (χ4n) is 5.01. The van der Waals surface area contributed by atoms with Gasteiger partial charge in [-0.1, -0.05) is 6.07 Å². The lowest BCUT2D eigenvalue weighted by Gasteiger charge is -2.39. The number of pyridine rings is 3. The summed E-state index contributed by atoms with van der Waals surface area (Å²) in [7, 11) is 1.59. The van der Waals surface area contributed by atoms with Crippen LogP contribution in [0.25, 0.3) is 10.9 Å². The largest absolute Gasteiger partial charge is 0.493 e. The van der Waals surface area contributed by atoms with E-state index >= 15 is 0 Å². The number of aromatic nitrogens is 3. The molecule has 6 rings (SSSR count). The molecule has 1 amide bonds. The van der Waals surface area contributed by atoms with Crippen LogP contribution in [0.5, 0.6) is 23.0 Å². The number of amides is 1. The van der Waals surface area contributed by atoms with Gasteiger partial charge in [-0.3, -0.25) is 14.7 Å². The zero-order chi connectivity index (χ0) is 30.5. The average molecular weight is 607 g/mol. The minimum atomic E-state index is -2.73. The van der Waals surface area contributed by atoms with Crippen molar-refractivity contribution in [1.29, 1.82) is 0 Å². The molecule has 2 saturated heterocycles. The molecule has 4 aromatic rings. The van der Waals surface area contributed by atoms with Crippen LogP contribution in [0.4, 0.5) is 20.4 Å². The van der Waals surface area contributed by atoms with Gasteiger partial charge in [-0.2, -0.15) is 0 Å². The van der Waals surface area contributed by atoms with E-state index in [-0.39, 0.29) is 11.5 Å². The van der Waals surface area contributed by atoms with E-state index in [0.717, 1.165) is 44.7 Å². The summed E-state index contributed by atoms with van der Waals surface area (Å²) in [6, 6.07) is 13.4. The summed E-state index contributed by atoms with van der Waals surface area (Å²) in [6.45, 7) is 4.08. The fourth-order valence-corrected chi connectivity index (χ4v) is 5.01. The van der Waals surface area contributed by atoms with Gasteiger partial charge >= 0.3 is 0 Å². The maximum absolute atomic E-state index is 13.2. The van der Waals surface area contributed by atoms with E-state index in [1.54, 1.807) is 43.6 Å². The SMILES string of the molecule is COc1cc2c(Oc3ccc(NC(=O)c4cccc(N5CC(F)(F)C5)n4)nc3)ccnc2cc1OCCCN1CCOCC1. The predicted octanol–water partition coefficient (Wildman–Crippen LogP) is 4.63. The highest BCUT2D eigenvalue weighted by molar-refractivity contribution is 6.02. The molecule has 1 N–H and O–H groups in total. The fraction of sp³-hybridized carbons (Fsp3) is 0.355. The Bertz CT molecular complexity index is 1610. The van der Waals surface area contributed by atoms with Crippen molar-refractivity contribution in [3.63, 3.8) is 0 Å². The first kappa shape index (κ1) is 29.5. The number of benzene rings is 1. The molecule has 5 heterocycles. The minimum absolute atomic E-state index is 0.0949. The molecular weight excluding hydrogens is 574 g/mol. The molecule has 2 fully saturated rings. The summed E-state index contributed by atoms with van der Waals surface area (Å²) in [6.07, 6.45) is 4.01. The molecule has 13 heteroatoms. The third-order valence-corrected chi connectivity index (χ3v) is 7.31. The number of morpholine rings is 1. The number of carbonyl (C=O) groups excluding carboxylic acids is 1. The topological polar surface area (TPSA) is 111 Å². The van der Waals surface area contributed by atoms with Gasteiger partial charge in [0.25, 0.3) is 11.8 Å². The molecule has 0 spiro atoms. The third-order valence-electron chi connectivity index (χ3n) is 7.31. The zero-order valence-corrected chi connectivity index (χ0v) is 24.2. The van der Waals surface area contributed by atoms with Crippen molar-refractivity contribution in [3.8, 4) is 23.0 Å². The van der Waals surface area contributed by atoms with Crippen molar-refractivity contribution < 1.29 is 32.5 Å². The molecule has 0 bridgehead atoms. The highest BCUT2D eigenvalue weighted by Crippen LogP contribution is 2.37. The minimum Gasteiger partial charge on any atom is -0.493 e. The van der Waals surface area contributed by atoms with Crippen molar-refractivity contribution in [2.45, 2.75) is 12.3 Å². The van der Waals surface area contributed by atoms with Crippen molar-refractivity contribution in [2.75, 3.05) is 69.9 Å². The molecule has 3 aromatic heterocycles. The quantitative estimate of drug-likeness (QED) is 0.243. The Kier molecular flexibility index (Phi) is 8.66. The molecular formula is C31H32F2N6O5. The van der Waals surface area contributed by atoms with E-state index in [1.807, 2.05) is 12.1 Å². The van der Waals surface area contributed by atoms with Crippen molar-refractivity contribution in [2.24, 2.45) is 0 Å². The number of rotatable bonds is 11. The summed E-state index contributed by atoms with van der Waals surface area (Å²) in [5, 5.41) is 3.40. The zero-order valence-electron chi connectivity index (χ0n) is 24.2. The Morgan fingerprint density at radius 1 is 1.05 bits per heavy atom. The van der Waals surface area contributed by atoms with Crippen LogP contribution in [0, 0.1) is 0 Å². The van der Waals surface area contributed by atoms with E-state index < -0.39 is 24.9 Å². The van der Waals surface area contributed by atoms with Crippen molar-refractivity contribution in [1.82, 2.24) is 19.9 Å². The van der Waals surface area contributed by atoms with Crippen molar-refractivity contribution >= 4 is 28.4 Å². The molecule has 0 saturated carbocycles. The van der Waals surface area contributed by atoms with Crippen LogP contribution >= 0.6 is 0 Å². The van der Waals surface area contributed by atoms with Gasteiger partial charge in [-0.15, -0.1) is 0 Å². The first-order chi connectivity index (χ1) is 21.4. The molecule has 11 nitrogen and oxygen atoms in total. The number of anilines is 2. The maximum atomic E-state index is 13.2. The van der Waals surface area contributed by atoms with E-state index in [1.165, 1.54) is 17.2 Å². The summed E-state index contributed by atoms with van der Waals surface area (Å²) in [5.74, 6) is -0.477. The Morgan fingerprint density at radius 2 is 1.89 bits per heavy atom. The predicted molar refractivity (Wildman–Crippen MR) is 159 cm³/mol. The number of alkyl halides is 2. The number of ether oxygens (including phenoxy) is 4. The van der Waals surface area contributed by atoms with Crippen LogP contribution in [0.1, 0.15) is 16.9 Å². The van der Waals surface area contributed by atoms with Gasteiger partial charge in [-0.25, -0.2) is 18.7 Å². The maximum Gasteiger partial charge on any atom is 0.282 e. The molecule has 0 atom stereocenters. The molecule has 2 aliphatic rings. The highest BCUT2D eigenvalue weighted by Gasteiger charge is 2.44. The van der Waals surface area contributed by atoms with Gasteiger partial charge in [-0.05, 0) is 42.8 Å². The number of halogens is 2. The van der Waals surface area contributed by atoms with Gasteiger partial charge in [0.2, 0.25) is 0 Å². The van der Waals surface area contributed by atoms with Crippen LogP contribution in [0.3, 0.4) is 0 Å². The molecule has 44 heavy (non-hydrogen) atoms. The number of nitrogens with zero attached hydrogens (tertiary/aromatic N) is 5. The van der Waals surface area contributed by atoms with Crippen LogP contribution in [-0.4, -0.2) is 91.3 Å². The summed E-state index contributed by atoms with van der Waals surface area (Å²) < 4.78 is 49.6. The lowest BCUT2D eigenvalue weighted by Crippen LogP contribution is -2.56. The summed E-state index contributed by atoms with van der Waals surface area (Å²) >= 11 is 0. The number of nitrogens with one attached hydrogen (secondary N) is 1. The second-order valence-electron chi connectivity index (χ2n) is 10.5. The van der Waals surface area contributed by atoms with E-state index in [0.29, 0.717) is 40.9 Å². The highest BCUT2D eigenvalue weighted by atomic mass is 19.3. The number of carbonyl (C=O) groups is 1. The van der Waals surface area contributed by atoms with Gasteiger partial charge in [0.15, 0.2) is 11.5 Å². The monoisotopic (exact) mass is 606 g/mol. The molecule has 0 aliphatic carbocycles. The Morgan fingerprint density at radius 3 is 2.64 bits per heavy atom. The first-order valence-corrected chi connectivity index (χ1v) is 14.3. The van der Waals surface area contributed by atoms with Crippen LogP contribution < -0.4 is 24.4 Å². The average Bonchev–Trinajstić information content (AvgIpc) is 3.03. The molecule has 1 aromatic carbocycles. The standard InChI is InChI=1S/C31H32F2N6O5/c1-41-26-16-22-24(17-27(26)43-13-3-10-38-11-14-42-15-12-38)34-9-8-25(22)44-21-6-7-28(35-18-21)37-30(40)23-4-2-5-29(36-23)39-19-31(32,33)20-39/h2,4-9,16-18H,3,10-15,19-20H2,1H3,(H,35,37,40). The van der Waals surface area contributed by atoms with E-state index in [2.05, 4.69) is 25.2 Å². The molecule has 2 aliphatic heterocycles. The van der Waals surface area contributed by atoms with Crippen molar-refractivity contribution in [3.05, 3.63) is 66.6 Å². The lowest BCUT2D eigenvalue weighted by atomic mass is 10.1. The van der Waals surface area contributed by atoms with E-state index in [4.69, 9.17) is 18.9 Å². The van der Waals surface area contributed by atoms with Gasteiger partial charge in [0.1, 0.15) is 28.8 Å². The molecule has 230 valence electrons. The lowest BCUT2D eigenvalue weighted by molar-refractivity contribution is -0.0267. The van der Waals surface area contributed by atoms with Crippen LogP contribution in [-0.2, 0) is 4.74 Å². The van der Waals surface area contributed by atoms with Crippen LogP contribution in [0.2, 0.25) is 0 Å². The second-order valence-corrected chi connectivity index (χ2v) is 10.5. The Labute approximate surface area is 252 Å². The third kappa shape index (κ3) is 6.95. The number of hydrogen-bond donors (Lipinski definition) is 1. The smallest absolute Gasteiger partial charge is 0.282 e. The van der Waals surface area contributed by atoms with Crippen LogP contribution in [0.15, 0.2) is 60.9 Å². The molecule has 0 radical (unpaired) electrons. The number of hydrogen-bond acceptors (Lipinski definition) is 10.